The number of fused-ring (bicyclic) bond motifs is 2. The molecule has 0 unspecified atom stereocenters. The molecule has 3 N–H and O–H groups in total. The first-order chi connectivity index (χ1) is 23.4. The summed E-state index contributed by atoms with van der Waals surface area (Å²) >= 11 is 6.94. The Morgan fingerprint density at radius 3 is 1.55 bits per heavy atom. The lowest BCUT2D eigenvalue weighted by Crippen LogP contribution is -2.32. The van der Waals surface area contributed by atoms with Gasteiger partial charge in [-0.05, 0) is 103 Å². The van der Waals surface area contributed by atoms with E-state index in [2.05, 4.69) is 119 Å². The van der Waals surface area contributed by atoms with E-state index >= 15 is 0 Å². The number of phenols is 1. The minimum Gasteiger partial charge on any atom is -0.507 e. The van der Waals surface area contributed by atoms with E-state index in [9.17, 15) is 5.11 Å². The fraction of sp³-hybridized carbons (Fsp3) is 0.116. The van der Waals surface area contributed by atoms with Gasteiger partial charge in [0, 0.05) is 14.5 Å². The van der Waals surface area contributed by atoms with Gasteiger partial charge >= 0.3 is 7.12 Å². The molecule has 3 nitrogen and oxygen atoms in total. The number of aromatic hydroxyl groups is 1. The van der Waals surface area contributed by atoms with Crippen molar-refractivity contribution < 1.29 is 15.2 Å². The van der Waals surface area contributed by atoms with Crippen molar-refractivity contribution >= 4 is 66.0 Å². The first-order valence-corrected chi connectivity index (χ1v) is 17.6. The lowest BCUT2D eigenvalue weighted by atomic mass is 9.77. The van der Waals surface area contributed by atoms with Crippen molar-refractivity contribution in [2.75, 3.05) is 0 Å². The van der Waals surface area contributed by atoms with Gasteiger partial charge in [-0.15, -0.1) is 0 Å². The highest BCUT2D eigenvalue weighted by atomic mass is 79.9. The normalized spacial score (nSPS) is 10.2. The summed E-state index contributed by atoms with van der Waals surface area (Å²) in [6.07, 6.45) is 0. The fourth-order valence-electron chi connectivity index (χ4n) is 5.25. The Kier molecular flexibility index (Phi) is 13.8. The standard InChI is InChI=1S/C17H14O.C10H7Br.C8H11BO2.C8H9Br/c1-12-9-10-17(18)16(11-12)15-8-4-6-13-5-2-3-7-14(13)15;11-10-7-3-5-8-4-1-2-6-9(8)10;1-6-3-4-7(2)8(5-6)9(10)11;1-6-3-4-7(2)8(9)5-6/h2-11,18H,1H3;1-7H;3-5,10-11H,1-2H3;3-5H,1-2H3. The monoisotopic (exact) mass is 774 g/mol. The Morgan fingerprint density at radius 1 is 0.449 bits per heavy atom. The molecule has 7 aromatic carbocycles. The number of halogens is 2. The van der Waals surface area contributed by atoms with Crippen LogP contribution in [0.5, 0.6) is 5.75 Å². The summed E-state index contributed by atoms with van der Waals surface area (Å²) in [7, 11) is -1.35. The number of rotatable bonds is 2. The van der Waals surface area contributed by atoms with E-state index in [1.165, 1.54) is 37.1 Å². The van der Waals surface area contributed by atoms with Crippen LogP contribution in [0.1, 0.15) is 27.8 Å². The minimum atomic E-state index is -1.35. The number of hydrogen-bond donors (Lipinski definition) is 3. The zero-order valence-electron chi connectivity index (χ0n) is 28.5. The molecule has 7 rings (SSSR count). The topological polar surface area (TPSA) is 60.7 Å². The van der Waals surface area contributed by atoms with Crippen LogP contribution in [0.4, 0.5) is 0 Å². The van der Waals surface area contributed by atoms with E-state index in [0.717, 1.165) is 32.3 Å². The predicted octanol–water partition coefficient (Wildman–Crippen LogP) is 11.2. The zero-order chi connectivity index (χ0) is 35.5. The van der Waals surface area contributed by atoms with Crippen LogP contribution in [0.15, 0.2) is 148 Å². The van der Waals surface area contributed by atoms with Crippen LogP contribution in [-0.2, 0) is 0 Å². The highest BCUT2D eigenvalue weighted by Gasteiger charge is 2.13. The van der Waals surface area contributed by atoms with Gasteiger partial charge < -0.3 is 15.2 Å². The first-order valence-electron chi connectivity index (χ1n) is 16.0. The quantitative estimate of drug-likeness (QED) is 0.153. The van der Waals surface area contributed by atoms with Crippen molar-refractivity contribution in [1.29, 1.82) is 0 Å². The van der Waals surface area contributed by atoms with Crippen LogP contribution in [0, 0.1) is 34.6 Å². The maximum absolute atomic E-state index is 10.0. The summed E-state index contributed by atoms with van der Waals surface area (Å²) in [6, 6.07) is 46.6. The molecule has 0 atom stereocenters. The highest BCUT2D eigenvalue weighted by molar-refractivity contribution is 9.11. The number of phenolic OH excluding ortho intramolecular Hbond substituents is 1. The third kappa shape index (κ3) is 10.6. The van der Waals surface area contributed by atoms with Gasteiger partial charge in [0.15, 0.2) is 0 Å². The van der Waals surface area contributed by atoms with Crippen LogP contribution in [0.25, 0.3) is 32.7 Å². The highest BCUT2D eigenvalue weighted by Crippen LogP contribution is 2.35. The molecule has 0 bridgehead atoms. The largest absolute Gasteiger partial charge is 0.507 e. The zero-order valence-corrected chi connectivity index (χ0v) is 31.6. The van der Waals surface area contributed by atoms with Crippen molar-refractivity contribution in [1.82, 2.24) is 0 Å². The summed E-state index contributed by atoms with van der Waals surface area (Å²) in [4.78, 5) is 0. The molecule has 0 heterocycles. The van der Waals surface area contributed by atoms with Crippen molar-refractivity contribution in [3.8, 4) is 16.9 Å². The number of aryl methyl sites for hydroxylation is 5. The molecule has 6 heteroatoms. The lowest BCUT2D eigenvalue weighted by Gasteiger charge is -2.09. The SMILES string of the molecule is Brc1cccc2ccccc12.Cc1ccc(C)c(B(O)O)c1.Cc1ccc(C)c(Br)c1.Cc1ccc(O)c(-c2cccc3ccccc23)c1. The maximum Gasteiger partial charge on any atom is 0.488 e. The van der Waals surface area contributed by atoms with E-state index in [-0.39, 0.29) is 0 Å². The maximum atomic E-state index is 10.0. The molecule has 0 aliphatic heterocycles. The molecule has 7 aromatic rings. The molecule has 0 amide bonds. The van der Waals surface area contributed by atoms with Gasteiger partial charge in [0.2, 0.25) is 0 Å². The Hall–Kier alpha value is -4.20. The van der Waals surface area contributed by atoms with E-state index in [1.54, 1.807) is 12.1 Å². The van der Waals surface area contributed by atoms with Gasteiger partial charge in [-0.2, -0.15) is 0 Å². The van der Waals surface area contributed by atoms with Gasteiger partial charge in [0.05, 0.1) is 0 Å². The average Bonchev–Trinajstić information content (AvgIpc) is 3.09. The molecule has 49 heavy (non-hydrogen) atoms. The Bertz CT molecular complexity index is 2150. The van der Waals surface area contributed by atoms with Gasteiger partial charge in [-0.3, -0.25) is 0 Å². The average molecular weight is 776 g/mol. The smallest absolute Gasteiger partial charge is 0.488 e. The van der Waals surface area contributed by atoms with Gasteiger partial charge in [0.25, 0.3) is 0 Å². The summed E-state index contributed by atoms with van der Waals surface area (Å²) in [5.74, 6) is 0.331. The minimum absolute atomic E-state index is 0.331. The van der Waals surface area contributed by atoms with Crippen LogP contribution < -0.4 is 5.46 Å². The Labute approximate surface area is 307 Å². The Balaban J connectivity index is 0.000000153. The third-order valence-electron chi connectivity index (χ3n) is 8.01. The summed E-state index contributed by atoms with van der Waals surface area (Å²) in [5.41, 5.74) is 8.25. The summed E-state index contributed by atoms with van der Waals surface area (Å²) in [6.45, 7) is 9.99. The van der Waals surface area contributed by atoms with Crippen LogP contribution >= 0.6 is 31.9 Å². The number of benzene rings is 7. The van der Waals surface area contributed by atoms with Gasteiger partial charge in [-0.25, -0.2) is 0 Å². The van der Waals surface area contributed by atoms with E-state index in [1.807, 2.05) is 75.4 Å². The summed E-state index contributed by atoms with van der Waals surface area (Å²) < 4.78 is 2.36. The molecular formula is C43H41BBr2O3. The Morgan fingerprint density at radius 2 is 0.959 bits per heavy atom. The second-order valence-corrected chi connectivity index (χ2v) is 13.7. The van der Waals surface area contributed by atoms with Crippen LogP contribution in [0.2, 0.25) is 0 Å². The van der Waals surface area contributed by atoms with Crippen molar-refractivity contribution in [3.63, 3.8) is 0 Å². The van der Waals surface area contributed by atoms with E-state index in [0.29, 0.717) is 11.2 Å². The van der Waals surface area contributed by atoms with E-state index in [4.69, 9.17) is 10.0 Å². The molecule has 0 saturated carbocycles. The van der Waals surface area contributed by atoms with E-state index < -0.39 is 7.12 Å². The second-order valence-electron chi connectivity index (χ2n) is 12.0. The molecule has 0 fully saturated rings. The molecule has 0 aliphatic carbocycles. The number of hydrogen-bond acceptors (Lipinski definition) is 3. The third-order valence-corrected chi connectivity index (χ3v) is 9.55. The van der Waals surface area contributed by atoms with Crippen molar-refractivity contribution in [2.45, 2.75) is 34.6 Å². The van der Waals surface area contributed by atoms with Crippen LogP contribution in [0.3, 0.4) is 0 Å². The van der Waals surface area contributed by atoms with Crippen molar-refractivity contribution in [2.24, 2.45) is 0 Å². The van der Waals surface area contributed by atoms with Gasteiger partial charge in [-0.1, -0.05) is 164 Å². The first kappa shape index (κ1) is 37.6. The predicted molar refractivity (Wildman–Crippen MR) is 217 cm³/mol. The molecular weight excluding hydrogens is 735 g/mol. The molecule has 0 aromatic heterocycles. The molecule has 248 valence electrons. The molecule has 0 aliphatic rings. The molecule has 0 spiro atoms. The lowest BCUT2D eigenvalue weighted by molar-refractivity contribution is 0.425. The van der Waals surface area contributed by atoms with Crippen molar-refractivity contribution in [3.05, 3.63) is 176 Å². The molecule has 0 radical (unpaired) electrons. The summed E-state index contributed by atoms with van der Waals surface area (Å²) in [5, 5.41) is 32.7. The second kappa shape index (κ2) is 18.0. The molecule has 0 saturated heterocycles. The van der Waals surface area contributed by atoms with Gasteiger partial charge in [0.1, 0.15) is 5.75 Å². The fourth-order valence-corrected chi connectivity index (χ4v) is 6.25. The van der Waals surface area contributed by atoms with Crippen LogP contribution in [-0.4, -0.2) is 22.3 Å².